The molecule has 0 spiro atoms. The maximum Gasteiger partial charge on any atom is 0.229 e. The van der Waals surface area contributed by atoms with Gasteiger partial charge in [-0.15, -0.1) is 0 Å². The lowest BCUT2D eigenvalue weighted by Crippen LogP contribution is -2.44. The Labute approximate surface area is 159 Å². The van der Waals surface area contributed by atoms with Crippen molar-refractivity contribution in [1.29, 1.82) is 0 Å². The summed E-state index contributed by atoms with van der Waals surface area (Å²) in [7, 11) is 4.88. The largest absolute Gasteiger partial charge is 0.497 e. The van der Waals surface area contributed by atoms with E-state index in [0.29, 0.717) is 30.0 Å². The fourth-order valence-corrected chi connectivity index (χ4v) is 3.53. The van der Waals surface area contributed by atoms with Gasteiger partial charge in [-0.25, -0.2) is 0 Å². The summed E-state index contributed by atoms with van der Waals surface area (Å²) in [6.07, 6.45) is 0.870. The number of nitrogens with zero attached hydrogens (tertiary/aromatic N) is 1. The Morgan fingerprint density at radius 3 is 2.30 bits per heavy atom. The maximum atomic E-state index is 13.1. The minimum atomic E-state index is -0.340. The first-order valence-corrected chi connectivity index (χ1v) is 8.88. The van der Waals surface area contributed by atoms with Crippen LogP contribution < -0.4 is 14.8 Å². The van der Waals surface area contributed by atoms with Crippen LogP contribution in [0.5, 0.6) is 11.5 Å². The lowest BCUT2D eigenvalue weighted by atomic mass is 9.84. The zero-order valence-electron chi connectivity index (χ0n) is 15.8. The fourth-order valence-electron chi connectivity index (χ4n) is 3.53. The molecule has 1 saturated heterocycles. The summed E-state index contributed by atoms with van der Waals surface area (Å²) >= 11 is 0. The highest BCUT2D eigenvalue weighted by Gasteiger charge is 2.38. The number of rotatable bonds is 5. The molecule has 2 atom stereocenters. The van der Waals surface area contributed by atoms with E-state index < -0.39 is 0 Å². The van der Waals surface area contributed by atoms with Gasteiger partial charge in [0.2, 0.25) is 11.8 Å². The second-order valence-electron chi connectivity index (χ2n) is 6.60. The Balaban J connectivity index is 1.87. The van der Waals surface area contributed by atoms with Gasteiger partial charge in [0.25, 0.3) is 0 Å². The first-order valence-electron chi connectivity index (χ1n) is 8.88. The van der Waals surface area contributed by atoms with E-state index in [4.69, 9.17) is 9.47 Å². The Kier molecular flexibility index (Phi) is 5.64. The van der Waals surface area contributed by atoms with E-state index in [-0.39, 0.29) is 23.8 Å². The lowest BCUT2D eigenvalue weighted by Gasteiger charge is -2.38. The smallest absolute Gasteiger partial charge is 0.229 e. The number of ether oxygens (including phenoxy) is 2. The first-order chi connectivity index (χ1) is 13.0. The van der Waals surface area contributed by atoms with Gasteiger partial charge < -0.3 is 19.7 Å². The summed E-state index contributed by atoms with van der Waals surface area (Å²) in [6, 6.07) is 14.6. The monoisotopic (exact) mass is 368 g/mol. The average Bonchev–Trinajstić information content (AvgIpc) is 2.70. The number of carbonyl (C=O) groups is 2. The second kappa shape index (κ2) is 8.12. The highest BCUT2D eigenvalue weighted by molar-refractivity contribution is 5.95. The van der Waals surface area contributed by atoms with Crippen LogP contribution in [-0.2, 0) is 9.59 Å². The van der Waals surface area contributed by atoms with E-state index in [1.54, 1.807) is 44.4 Å². The topological polar surface area (TPSA) is 67.9 Å². The summed E-state index contributed by atoms with van der Waals surface area (Å²) in [5.74, 6) is 0.780. The minimum Gasteiger partial charge on any atom is -0.497 e. The van der Waals surface area contributed by atoms with Crippen LogP contribution >= 0.6 is 0 Å². The molecule has 0 unspecified atom stereocenters. The third-order valence-corrected chi connectivity index (χ3v) is 4.96. The zero-order chi connectivity index (χ0) is 19.4. The van der Waals surface area contributed by atoms with Gasteiger partial charge in [-0.2, -0.15) is 0 Å². The maximum absolute atomic E-state index is 13.1. The normalized spacial score (nSPS) is 19.5. The second-order valence-corrected chi connectivity index (χ2v) is 6.60. The Bertz CT molecular complexity index is 800. The van der Waals surface area contributed by atoms with Crippen LogP contribution in [0.1, 0.15) is 24.4 Å². The minimum absolute atomic E-state index is 0.0518. The van der Waals surface area contributed by atoms with E-state index in [1.165, 1.54) is 0 Å². The molecular weight excluding hydrogens is 344 g/mol. The van der Waals surface area contributed by atoms with E-state index in [9.17, 15) is 9.59 Å². The number of carbonyl (C=O) groups excluding carboxylic acids is 2. The molecule has 1 N–H and O–H groups in total. The molecule has 2 aromatic carbocycles. The van der Waals surface area contributed by atoms with Crippen molar-refractivity contribution in [3.8, 4) is 11.5 Å². The van der Waals surface area contributed by atoms with Crippen LogP contribution in [-0.4, -0.2) is 38.0 Å². The quantitative estimate of drug-likeness (QED) is 0.880. The third-order valence-electron chi connectivity index (χ3n) is 4.96. The van der Waals surface area contributed by atoms with Crippen LogP contribution in [0.3, 0.4) is 0 Å². The van der Waals surface area contributed by atoms with Gasteiger partial charge in [0, 0.05) is 37.4 Å². The van der Waals surface area contributed by atoms with E-state index in [0.717, 1.165) is 5.56 Å². The fraction of sp³-hybridized carbons (Fsp3) is 0.333. The number of anilines is 1. The summed E-state index contributed by atoms with van der Waals surface area (Å²) < 4.78 is 10.5. The summed E-state index contributed by atoms with van der Waals surface area (Å²) in [5.41, 5.74) is 1.55. The third kappa shape index (κ3) is 4.05. The zero-order valence-corrected chi connectivity index (χ0v) is 15.8. The number of likely N-dealkylation sites (tertiary alicyclic amines) is 1. The number of benzene rings is 2. The number of methoxy groups -OCH3 is 2. The molecule has 3 rings (SSSR count). The van der Waals surface area contributed by atoms with Gasteiger partial charge >= 0.3 is 0 Å². The molecule has 1 aliphatic heterocycles. The molecule has 1 fully saturated rings. The van der Waals surface area contributed by atoms with Gasteiger partial charge in [-0.3, -0.25) is 9.59 Å². The van der Waals surface area contributed by atoms with Crippen molar-refractivity contribution in [1.82, 2.24) is 4.90 Å². The molecule has 0 radical (unpaired) electrons. The molecule has 142 valence electrons. The first kappa shape index (κ1) is 18.8. The Morgan fingerprint density at radius 2 is 1.70 bits per heavy atom. The Morgan fingerprint density at radius 1 is 1.07 bits per heavy atom. The van der Waals surface area contributed by atoms with Gasteiger partial charge in [0.05, 0.1) is 26.2 Å². The van der Waals surface area contributed by atoms with Crippen molar-refractivity contribution in [2.45, 2.75) is 18.9 Å². The number of piperidine rings is 1. The van der Waals surface area contributed by atoms with Crippen molar-refractivity contribution >= 4 is 17.5 Å². The van der Waals surface area contributed by atoms with Crippen molar-refractivity contribution < 1.29 is 19.1 Å². The molecule has 1 aliphatic rings. The highest BCUT2D eigenvalue weighted by atomic mass is 16.5. The average molecular weight is 368 g/mol. The van der Waals surface area contributed by atoms with Gasteiger partial charge in [0.15, 0.2) is 0 Å². The van der Waals surface area contributed by atoms with E-state index in [2.05, 4.69) is 5.32 Å². The molecule has 6 nitrogen and oxygen atoms in total. The molecule has 0 aliphatic carbocycles. The molecule has 2 amide bonds. The molecule has 2 aromatic rings. The highest BCUT2D eigenvalue weighted by Crippen LogP contribution is 2.37. The molecular formula is C21H24N2O4. The van der Waals surface area contributed by atoms with Crippen molar-refractivity contribution in [2.75, 3.05) is 26.6 Å². The van der Waals surface area contributed by atoms with Crippen molar-refractivity contribution in [2.24, 2.45) is 5.92 Å². The van der Waals surface area contributed by atoms with Crippen LogP contribution in [0.25, 0.3) is 0 Å². The van der Waals surface area contributed by atoms with Gasteiger partial charge in [-0.05, 0) is 12.0 Å². The SMILES string of the molecule is COc1cc(NC(=O)[C@@H]2CCC(=O)N(C)[C@@H]2c2ccccc2)cc(OC)c1. The Hall–Kier alpha value is -3.02. The lowest BCUT2D eigenvalue weighted by molar-refractivity contribution is -0.140. The van der Waals surface area contributed by atoms with E-state index >= 15 is 0 Å². The number of hydrogen-bond acceptors (Lipinski definition) is 4. The summed E-state index contributed by atoms with van der Waals surface area (Å²) in [4.78, 5) is 27.0. The van der Waals surface area contributed by atoms with E-state index in [1.807, 2.05) is 30.3 Å². The predicted molar refractivity (Wildman–Crippen MR) is 103 cm³/mol. The predicted octanol–water partition coefficient (Wildman–Crippen LogP) is 3.25. The molecule has 0 bridgehead atoms. The van der Waals surface area contributed by atoms with Crippen molar-refractivity contribution in [3.05, 3.63) is 54.1 Å². The molecule has 6 heteroatoms. The van der Waals surface area contributed by atoms with Crippen LogP contribution in [0.2, 0.25) is 0 Å². The number of hydrogen-bond donors (Lipinski definition) is 1. The van der Waals surface area contributed by atoms with Crippen LogP contribution in [0.4, 0.5) is 5.69 Å². The van der Waals surface area contributed by atoms with Crippen molar-refractivity contribution in [3.63, 3.8) is 0 Å². The molecule has 0 aromatic heterocycles. The van der Waals surface area contributed by atoms with Gasteiger partial charge in [0.1, 0.15) is 11.5 Å². The summed E-state index contributed by atoms with van der Waals surface area (Å²) in [5, 5.41) is 2.96. The van der Waals surface area contributed by atoms with Crippen LogP contribution in [0.15, 0.2) is 48.5 Å². The number of amides is 2. The summed E-state index contributed by atoms with van der Waals surface area (Å²) in [6.45, 7) is 0. The standard InChI is InChI=1S/C21H24N2O4/c1-23-19(24)10-9-18(20(23)14-7-5-4-6-8-14)21(25)22-15-11-16(26-2)13-17(12-15)27-3/h4-8,11-13,18,20H,9-10H2,1-3H3,(H,22,25)/t18-,20-/m1/s1. The molecule has 0 saturated carbocycles. The number of nitrogens with one attached hydrogen (secondary N) is 1. The van der Waals surface area contributed by atoms with Crippen LogP contribution in [0, 0.1) is 5.92 Å². The molecule has 1 heterocycles. The van der Waals surface area contributed by atoms with Gasteiger partial charge in [-0.1, -0.05) is 30.3 Å². The molecule has 27 heavy (non-hydrogen) atoms.